The number of β-amino-alcohol motifs (C(OH)–C–C–N with tert-alkyl or cyclic N) is 1. The molecule has 0 aromatic carbocycles. The number of hydrogen-bond acceptors (Lipinski definition) is 4. The van der Waals surface area contributed by atoms with E-state index < -0.39 is 0 Å². The number of aliphatic hydroxyl groups is 1. The second-order valence-electron chi connectivity index (χ2n) is 3.83. The zero-order valence-corrected chi connectivity index (χ0v) is 8.56. The van der Waals surface area contributed by atoms with Gasteiger partial charge in [-0.15, -0.1) is 0 Å². The molecule has 1 N–H and O–H groups in total. The van der Waals surface area contributed by atoms with E-state index in [-0.39, 0.29) is 6.10 Å². The van der Waals surface area contributed by atoms with Crippen LogP contribution in [0.25, 0.3) is 0 Å². The number of aromatic nitrogens is 2. The van der Waals surface area contributed by atoms with Gasteiger partial charge in [-0.2, -0.15) is 0 Å². The van der Waals surface area contributed by atoms with E-state index >= 15 is 0 Å². The maximum atomic E-state index is 9.39. The van der Waals surface area contributed by atoms with Crippen LogP contribution in [-0.2, 0) is 0 Å². The molecule has 0 aliphatic carbocycles. The minimum atomic E-state index is -0.222. The van der Waals surface area contributed by atoms with Gasteiger partial charge in [0.2, 0.25) is 5.95 Å². The molecule has 0 spiro atoms. The molecule has 76 valence electrons. The molecule has 1 aliphatic heterocycles. The van der Waals surface area contributed by atoms with Gasteiger partial charge in [-0.25, -0.2) is 9.97 Å². The quantitative estimate of drug-likeness (QED) is 0.712. The summed E-state index contributed by atoms with van der Waals surface area (Å²) in [5.41, 5.74) is 2.12. The lowest BCUT2D eigenvalue weighted by Gasteiger charge is -2.15. The van der Waals surface area contributed by atoms with Gasteiger partial charge in [-0.05, 0) is 25.8 Å². The Morgan fingerprint density at radius 1 is 1.50 bits per heavy atom. The van der Waals surface area contributed by atoms with E-state index in [9.17, 15) is 5.11 Å². The fraction of sp³-hybridized carbons (Fsp3) is 0.600. The van der Waals surface area contributed by atoms with Crippen molar-refractivity contribution in [3.8, 4) is 0 Å². The summed E-state index contributed by atoms with van der Waals surface area (Å²) in [7, 11) is 0. The maximum Gasteiger partial charge on any atom is 0.225 e. The van der Waals surface area contributed by atoms with Gasteiger partial charge >= 0.3 is 0 Å². The van der Waals surface area contributed by atoms with Crippen molar-refractivity contribution in [2.24, 2.45) is 0 Å². The Kier molecular flexibility index (Phi) is 2.37. The van der Waals surface area contributed by atoms with Crippen molar-refractivity contribution in [1.29, 1.82) is 0 Å². The van der Waals surface area contributed by atoms with Crippen molar-refractivity contribution in [2.75, 3.05) is 18.0 Å². The minimum absolute atomic E-state index is 0.222. The summed E-state index contributed by atoms with van der Waals surface area (Å²) in [5, 5.41) is 9.39. The van der Waals surface area contributed by atoms with Gasteiger partial charge in [0, 0.05) is 25.0 Å². The Balaban J connectivity index is 2.20. The van der Waals surface area contributed by atoms with Gasteiger partial charge in [-0.1, -0.05) is 0 Å². The summed E-state index contributed by atoms with van der Waals surface area (Å²) in [5.74, 6) is 0.740. The van der Waals surface area contributed by atoms with Crippen LogP contribution in [0.4, 0.5) is 5.95 Å². The fourth-order valence-corrected chi connectivity index (χ4v) is 1.59. The predicted molar refractivity (Wildman–Crippen MR) is 54.3 cm³/mol. The van der Waals surface area contributed by atoms with Crippen molar-refractivity contribution < 1.29 is 5.11 Å². The van der Waals surface area contributed by atoms with Crippen molar-refractivity contribution in [3.05, 3.63) is 17.5 Å². The normalized spacial score (nSPS) is 21.6. The van der Waals surface area contributed by atoms with Crippen LogP contribution in [0, 0.1) is 13.8 Å². The highest BCUT2D eigenvalue weighted by Gasteiger charge is 2.22. The minimum Gasteiger partial charge on any atom is -0.391 e. The van der Waals surface area contributed by atoms with E-state index in [4.69, 9.17) is 0 Å². The molecule has 1 aromatic heterocycles. The number of aryl methyl sites for hydroxylation is 2. The largest absolute Gasteiger partial charge is 0.391 e. The highest BCUT2D eigenvalue weighted by atomic mass is 16.3. The van der Waals surface area contributed by atoms with Gasteiger partial charge in [-0.3, -0.25) is 0 Å². The molecule has 2 rings (SSSR count). The Morgan fingerprint density at radius 2 is 2.29 bits per heavy atom. The molecular weight excluding hydrogens is 178 g/mol. The lowest BCUT2D eigenvalue weighted by atomic mass is 10.3. The van der Waals surface area contributed by atoms with Gasteiger partial charge in [0.05, 0.1) is 6.10 Å². The van der Waals surface area contributed by atoms with Gasteiger partial charge < -0.3 is 10.0 Å². The lowest BCUT2D eigenvalue weighted by molar-refractivity contribution is 0.198. The molecule has 14 heavy (non-hydrogen) atoms. The highest BCUT2D eigenvalue weighted by Crippen LogP contribution is 2.16. The first-order valence-electron chi connectivity index (χ1n) is 4.90. The molecule has 1 unspecified atom stereocenters. The third-order valence-corrected chi connectivity index (χ3v) is 2.66. The molecule has 2 heterocycles. The van der Waals surface area contributed by atoms with Crippen LogP contribution < -0.4 is 4.90 Å². The molecule has 1 fully saturated rings. The van der Waals surface area contributed by atoms with Gasteiger partial charge in [0.15, 0.2) is 0 Å². The third kappa shape index (κ3) is 1.70. The topological polar surface area (TPSA) is 49.2 Å². The molecule has 1 atom stereocenters. The van der Waals surface area contributed by atoms with Crippen LogP contribution in [0.2, 0.25) is 0 Å². The smallest absolute Gasteiger partial charge is 0.225 e. The summed E-state index contributed by atoms with van der Waals surface area (Å²) in [4.78, 5) is 10.7. The Hall–Kier alpha value is -1.16. The molecule has 1 aliphatic rings. The number of anilines is 1. The second-order valence-corrected chi connectivity index (χ2v) is 3.83. The first kappa shape index (κ1) is 9.40. The lowest BCUT2D eigenvalue weighted by Crippen LogP contribution is -2.23. The number of hydrogen-bond donors (Lipinski definition) is 1. The standard InChI is InChI=1S/C10H15N3O/c1-7-5-11-10(12-8(7)2)13-4-3-9(14)6-13/h5,9,14H,3-4,6H2,1-2H3. The van der Waals surface area contributed by atoms with E-state index in [1.54, 1.807) is 0 Å². The van der Waals surface area contributed by atoms with Crippen LogP contribution >= 0.6 is 0 Å². The average molecular weight is 193 g/mol. The zero-order valence-electron chi connectivity index (χ0n) is 8.56. The SMILES string of the molecule is Cc1cnc(N2CCC(O)C2)nc1C. The molecule has 4 heteroatoms. The summed E-state index contributed by atoms with van der Waals surface area (Å²) in [6.45, 7) is 5.48. The summed E-state index contributed by atoms with van der Waals surface area (Å²) < 4.78 is 0. The maximum absolute atomic E-state index is 9.39. The van der Waals surface area contributed by atoms with Crippen LogP contribution in [0.1, 0.15) is 17.7 Å². The summed E-state index contributed by atoms with van der Waals surface area (Å²) in [6.07, 6.45) is 2.43. The van der Waals surface area contributed by atoms with Gasteiger partial charge in [0.25, 0.3) is 0 Å². The highest BCUT2D eigenvalue weighted by molar-refractivity contribution is 5.34. The molecule has 0 saturated carbocycles. The number of aliphatic hydroxyl groups excluding tert-OH is 1. The first-order valence-corrected chi connectivity index (χ1v) is 4.90. The van der Waals surface area contributed by atoms with Crippen LogP contribution in [0.15, 0.2) is 6.20 Å². The van der Waals surface area contributed by atoms with Crippen molar-refractivity contribution in [3.63, 3.8) is 0 Å². The Morgan fingerprint density at radius 3 is 2.86 bits per heavy atom. The van der Waals surface area contributed by atoms with Crippen molar-refractivity contribution in [2.45, 2.75) is 26.4 Å². The van der Waals surface area contributed by atoms with Crippen LogP contribution in [0.5, 0.6) is 0 Å². The molecule has 0 amide bonds. The monoisotopic (exact) mass is 193 g/mol. The Bertz CT molecular complexity index is 340. The molecule has 1 aromatic rings. The van der Waals surface area contributed by atoms with E-state index in [2.05, 4.69) is 9.97 Å². The van der Waals surface area contributed by atoms with E-state index in [1.807, 2.05) is 24.9 Å². The summed E-state index contributed by atoms with van der Waals surface area (Å²) in [6, 6.07) is 0. The average Bonchev–Trinajstić information content (AvgIpc) is 2.57. The third-order valence-electron chi connectivity index (χ3n) is 2.66. The van der Waals surface area contributed by atoms with Gasteiger partial charge in [0.1, 0.15) is 0 Å². The van der Waals surface area contributed by atoms with Crippen LogP contribution in [-0.4, -0.2) is 34.3 Å². The molecule has 0 bridgehead atoms. The van der Waals surface area contributed by atoms with E-state index in [1.165, 1.54) is 0 Å². The Labute approximate surface area is 83.6 Å². The number of nitrogens with zero attached hydrogens (tertiary/aromatic N) is 3. The molecule has 0 radical (unpaired) electrons. The predicted octanol–water partition coefficient (Wildman–Crippen LogP) is 0.664. The van der Waals surface area contributed by atoms with E-state index in [0.29, 0.717) is 6.54 Å². The van der Waals surface area contributed by atoms with Crippen molar-refractivity contribution in [1.82, 2.24) is 9.97 Å². The first-order chi connectivity index (χ1) is 6.66. The van der Waals surface area contributed by atoms with E-state index in [0.717, 1.165) is 30.2 Å². The second kappa shape index (κ2) is 3.53. The fourth-order valence-electron chi connectivity index (χ4n) is 1.59. The molecule has 4 nitrogen and oxygen atoms in total. The molecular formula is C10H15N3O. The summed E-state index contributed by atoms with van der Waals surface area (Å²) >= 11 is 0. The molecule has 1 saturated heterocycles. The van der Waals surface area contributed by atoms with Crippen LogP contribution in [0.3, 0.4) is 0 Å². The number of rotatable bonds is 1. The zero-order chi connectivity index (χ0) is 10.1. The van der Waals surface area contributed by atoms with Crippen molar-refractivity contribution >= 4 is 5.95 Å².